The fourth-order valence-electron chi connectivity index (χ4n) is 10.6. The van der Waals surface area contributed by atoms with Gasteiger partial charge in [-0.2, -0.15) is 0 Å². The molecule has 0 fully saturated rings. The summed E-state index contributed by atoms with van der Waals surface area (Å²) in [7, 11) is 0. The first kappa shape index (κ1) is 39.1. The number of para-hydroxylation sites is 2. The van der Waals surface area contributed by atoms with E-state index in [-0.39, 0.29) is 23.0 Å². The molecule has 63 heavy (non-hydrogen) atoms. The molecule has 0 saturated carbocycles. The summed E-state index contributed by atoms with van der Waals surface area (Å²) in [4.78, 5) is 7.47. The second kappa shape index (κ2) is 14.1. The largest absolute Gasteiger partial charge is 0.311 e. The van der Waals surface area contributed by atoms with E-state index in [0.717, 1.165) is 22.7 Å². The van der Waals surface area contributed by atoms with E-state index in [9.17, 15) is 0 Å². The van der Waals surface area contributed by atoms with E-state index in [1.54, 1.807) is 0 Å². The molecule has 4 heteroatoms. The third-order valence-corrected chi connectivity index (χ3v) is 13.9. The van der Waals surface area contributed by atoms with Crippen molar-refractivity contribution in [1.82, 2.24) is 0 Å². The van der Waals surface area contributed by atoms with Gasteiger partial charge in [-0.05, 0) is 139 Å². The van der Waals surface area contributed by atoms with Crippen LogP contribution in [0.5, 0.6) is 0 Å². The summed E-state index contributed by atoms with van der Waals surface area (Å²) in [5.74, 6) is 0. The van der Waals surface area contributed by atoms with E-state index >= 15 is 0 Å². The van der Waals surface area contributed by atoms with Crippen LogP contribution in [0.15, 0.2) is 182 Å². The maximum absolute atomic E-state index is 2.55. The number of anilines is 9. The Morgan fingerprint density at radius 1 is 0.413 bits per heavy atom. The van der Waals surface area contributed by atoms with Crippen molar-refractivity contribution < 1.29 is 0 Å². The number of benzene rings is 8. The summed E-state index contributed by atoms with van der Waals surface area (Å²) >= 11 is 0. The second-order valence-electron chi connectivity index (χ2n) is 20.3. The fraction of sp³-hybridized carbons (Fsp3) is 0.186. The van der Waals surface area contributed by atoms with Gasteiger partial charge < -0.3 is 14.7 Å². The number of nitrogens with zero attached hydrogens (tertiary/aromatic N) is 3. The van der Waals surface area contributed by atoms with Crippen molar-refractivity contribution in [2.45, 2.75) is 71.6 Å². The molecule has 0 amide bonds. The van der Waals surface area contributed by atoms with Crippen molar-refractivity contribution in [3.8, 4) is 11.1 Å². The minimum Gasteiger partial charge on any atom is -0.311 e. The molecule has 0 unspecified atom stereocenters. The molecule has 0 bridgehead atoms. The molecule has 2 aliphatic heterocycles. The third kappa shape index (κ3) is 6.17. The molecule has 0 N–H and O–H groups in total. The van der Waals surface area contributed by atoms with Gasteiger partial charge in [-0.1, -0.05) is 159 Å². The van der Waals surface area contributed by atoms with Crippen LogP contribution >= 0.6 is 0 Å². The van der Waals surface area contributed by atoms with Gasteiger partial charge in [0, 0.05) is 56.6 Å². The molecule has 3 nitrogen and oxygen atoms in total. The van der Waals surface area contributed by atoms with Crippen LogP contribution in [-0.2, 0) is 16.2 Å². The molecule has 1 aliphatic carbocycles. The van der Waals surface area contributed by atoms with Crippen LogP contribution in [0.3, 0.4) is 0 Å². The van der Waals surface area contributed by atoms with Crippen LogP contribution in [0.2, 0.25) is 0 Å². The van der Waals surface area contributed by atoms with Gasteiger partial charge in [-0.25, -0.2) is 0 Å². The first-order valence-electron chi connectivity index (χ1n) is 22.6. The molecule has 3 aliphatic rings. The lowest BCUT2D eigenvalue weighted by molar-refractivity contribution is 0.590. The van der Waals surface area contributed by atoms with Gasteiger partial charge in [0.25, 0.3) is 6.71 Å². The quantitative estimate of drug-likeness (QED) is 0.160. The van der Waals surface area contributed by atoms with Crippen LogP contribution in [-0.4, -0.2) is 6.71 Å². The van der Waals surface area contributed by atoms with Crippen LogP contribution in [0.4, 0.5) is 51.2 Å². The predicted molar refractivity (Wildman–Crippen MR) is 270 cm³/mol. The maximum Gasteiger partial charge on any atom is 0.252 e. The summed E-state index contributed by atoms with van der Waals surface area (Å²) < 4.78 is 0. The van der Waals surface area contributed by atoms with Crippen molar-refractivity contribution in [3.05, 3.63) is 204 Å². The number of hydrogen-bond acceptors (Lipinski definition) is 3. The summed E-state index contributed by atoms with van der Waals surface area (Å²) in [6, 6.07) is 68.4. The molecule has 2 heterocycles. The molecular formula is C59H54BN3. The lowest BCUT2D eigenvalue weighted by Gasteiger charge is -2.45. The maximum atomic E-state index is 2.55. The number of rotatable bonds is 5. The van der Waals surface area contributed by atoms with Gasteiger partial charge in [0.05, 0.1) is 0 Å². The molecule has 8 aromatic rings. The van der Waals surface area contributed by atoms with E-state index in [2.05, 4.69) is 252 Å². The van der Waals surface area contributed by atoms with Crippen molar-refractivity contribution in [3.63, 3.8) is 0 Å². The minimum atomic E-state index is -0.0644. The van der Waals surface area contributed by atoms with Crippen LogP contribution in [0, 0.1) is 0 Å². The molecule has 0 aromatic heterocycles. The van der Waals surface area contributed by atoms with Gasteiger partial charge in [0.15, 0.2) is 0 Å². The van der Waals surface area contributed by atoms with E-state index in [1.807, 2.05) is 0 Å². The summed E-state index contributed by atoms with van der Waals surface area (Å²) in [5.41, 5.74) is 22.6. The van der Waals surface area contributed by atoms with Crippen molar-refractivity contribution in [2.24, 2.45) is 0 Å². The van der Waals surface area contributed by atoms with Gasteiger partial charge in [-0.3, -0.25) is 0 Å². The smallest absolute Gasteiger partial charge is 0.252 e. The highest BCUT2D eigenvalue weighted by molar-refractivity contribution is 7.00. The molecule has 0 saturated heterocycles. The number of fused-ring (bicyclic) bond motifs is 7. The van der Waals surface area contributed by atoms with Gasteiger partial charge in [-0.15, -0.1) is 0 Å². The van der Waals surface area contributed by atoms with Crippen molar-refractivity contribution >= 4 is 74.3 Å². The zero-order valence-corrected chi connectivity index (χ0v) is 37.7. The molecule has 0 spiro atoms. The highest BCUT2D eigenvalue weighted by Gasteiger charge is 2.44. The Morgan fingerprint density at radius 3 is 1.63 bits per heavy atom. The lowest BCUT2D eigenvalue weighted by Crippen LogP contribution is -2.61. The third-order valence-electron chi connectivity index (χ3n) is 13.9. The monoisotopic (exact) mass is 815 g/mol. The van der Waals surface area contributed by atoms with E-state index in [4.69, 9.17) is 0 Å². The van der Waals surface area contributed by atoms with Crippen molar-refractivity contribution in [1.29, 1.82) is 0 Å². The first-order valence-corrected chi connectivity index (χ1v) is 22.6. The summed E-state index contributed by atoms with van der Waals surface area (Å²) in [6.45, 7) is 18.6. The average molecular weight is 816 g/mol. The van der Waals surface area contributed by atoms with Crippen LogP contribution in [0.25, 0.3) is 11.1 Å². The van der Waals surface area contributed by atoms with E-state index < -0.39 is 0 Å². The Morgan fingerprint density at radius 2 is 0.984 bits per heavy atom. The Bertz CT molecular complexity index is 3020. The minimum absolute atomic E-state index is 0.00915. The van der Waals surface area contributed by atoms with Crippen molar-refractivity contribution in [2.75, 3.05) is 14.7 Å². The lowest BCUT2D eigenvalue weighted by atomic mass is 9.33. The normalized spacial score (nSPS) is 14.4. The molecule has 8 aromatic carbocycles. The van der Waals surface area contributed by atoms with Crippen LogP contribution in [0.1, 0.15) is 77.6 Å². The molecule has 0 radical (unpaired) electrons. The van der Waals surface area contributed by atoms with Gasteiger partial charge >= 0.3 is 0 Å². The summed E-state index contributed by atoms with van der Waals surface area (Å²) in [5, 5.41) is 0. The Hall–Kier alpha value is -6.78. The molecule has 11 rings (SSSR count). The van der Waals surface area contributed by atoms with Gasteiger partial charge in [0.2, 0.25) is 0 Å². The Balaban J connectivity index is 1.18. The Labute approximate surface area is 374 Å². The zero-order valence-electron chi connectivity index (χ0n) is 37.7. The Kier molecular flexibility index (Phi) is 8.77. The van der Waals surface area contributed by atoms with Crippen LogP contribution < -0.4 is 31.1 Å². The molecule has 0 atom stereocenters. The topological polar surface area (TPSA) is 9.72 Å². The highest BCUT2D eigenvalue weighted by atomic mass is 15.2. The molecular weight excluding hydrogens is 761 g/mol. The van der Waals surface area contributed by atoms with E-state index in [0.29, 0.717) is 0 Å². The fourth-order valence-corrected chi connectivity index (χ4v) is 10.6. The average Bonchev–Trinajstić information content (AvgIpc) is 3.51. The zero-order chi connectivity index (χ0) is 43.4. The molecule has 308 valence electrons. The standard InChI is InChI=1S/C59H54BN3/c1-57(2,3)39-26-29-43(30-27-39)62-53-24-17-25-54-56(53)60(50-34-32-45(38-55(50)62)61(41-18-11-9-12-19-41)42-20-13-10-14-21-42)51-36-40(58(4,5)6)28-35-52(51)63(54)44-31-33-49-47(37-44)46-22-15-16-23-48(46)59(49,7)8/h9-38H,1-8H3. The summed E-state index contributed by atoms with van der Waals surface area (Å²) in [6.07, 6.45) is 0. The van der Waals surface area contributed by atoms with E-state index in [1.165, 1.54) is 78.2 Å². The predicted octanol–water partition coefficient (Wildman–Crippen LogP) is 14.1. The highest BCUT2D eigenvalue weighted by Crippen LogP contribution is 2.52. The SMILES string of the molecule is CC(C)(C)c1ccc(N2c3cc(N(c4ccccc4)c4ccccc4)ccc3B3c4cc(C(C)(C)C)ccc4N(c4ccc5c(c4)-c4ccccc4C5(C)C)c4cccc2c43)cc1. The first-order chi connectivity index (χ1) is 30.3. The second-order valence-corrected chi connectivity index (χ2v) is 20.3. The number of hydrogen-bond donors (Lipinski definition) is 0. The van der Waals surface area contributed by atoms with Gasteiger partial charge in [0.1, 0.15) is 0 Å².